The van der Waals surface area contributed by atoms with E-state index >= 15 is 0 Å². The zero-order chi connectivity index (χ0) is 21.5. The van der Waals surface area contributed by atoms with Crippen LogP contribution in [0.4, 0.5) is 0 Å². The number of hydrogen-bond donors (Lipinski definition) is 1. The Morgan fingerprint density at radius 2 is 1.35 bits per heavy atom. The number of hydrogen-bond acceptors (Lipinski definition) is 3. The number of ether oxygens (including phenoxy) is 1. The summed E-state index contributed by atoms with van der Waals surface area (Å²) in [7, 11) is 1.72. The van der Waals surface area contributed by atoms with Crippen molar-refractivity contribution in [2.24, 2.45) is 5.73 Å². The van der Waals surface area contributed by atoms with E-state index in [-0.39, 0.29) is 0 Å². The number of benzene rings is 3. The molecule has 0 aliphatic heterocycles. The van der Waals surface area contributed by atoms with Gasteiger partial charge in [0.05, 0.1) is 7.11 Å². The molecule has 2 N–H and O–H groups in total. The van der Waals surface area contributed by atoms with Crippen molar-refractivity contribution < 1.29 is 4.74 Å². The summed E-state index contributed by atoms with van der Waals surface area (Å²) in [6.07, 6.45) is 4.58. The number of methoxy groups -OCH3 is 1. The molecule has 3 nitrogen and oxygen atoms in total. The van der Waals surface area contributed by atoms with E-state index in [0.717, 1.165) is 31.7 Å². The normalized spacial score (nSPS) is 19.0. The molecule has 0 saturated heterocycles. The summed E-state index contributed by atoms with van der Waals surface area (Å²) in [6, 6.07) is 31.3. The quantitative estimate of drug-likeness (QED) is 0.521. The third-order valence-electron chi connectivity index (χ3n) is 6.62. The molecule has 0 spiro atoms. The van der Waals surface area contributed by atoms with Crippen molar-refractivity contribution in [2.75, 3.05) is 13.7 Å². The van der Waals surface area contributed by atoms with Crippen LogP contribution >= 0.6 is 0 Å². The van der Waals surface area contributed by atoms with E-state index in [1.165, 1.54) is 29.5 Å². The van der Waals surface area contributed by atoms with Gasteiger partial charge >= 0.3 is 0 Å². The fraction of sp³-hybridized carbons (Fsp3) is 0.357. The predicted molar refractivity (Wildman–Crippen MR) is 128 cm³/mol. The Bertz CT molecular complexity index is 863. The lowest BCUT2D eigenvalue weighted by Gasteiger charge is -2.38. The van der Waals surface area contributed by atoms with Gasteiger partial charge in [0.15, 0.2) is 0 Å². The molecule has 0 amide bonds. The standard InChI is InChI=1S/C28H34N2O/c1-31-27-18-12-22(13-19-27)20-30(26-16-14-25(29)15-17-26)21-28(23-8-4-2-5-9-23)24-10-6-3-7-11-24/h2-13,18-19,25-26,28H,14-17,20-21,29H2,1H3. The molecule has 1 saturated carbocycles. The Balaban J connectivity index is 1.61. The molecule has 3 aromatic rings. The van der Waals surface area contributed by atoms with Crippen molar-refractivity contribution in [1.82, 2.24) is 4.90 Å². The Hall–Kier alpha value is -2.62. The summed E-state index contributed by atoms with van der Waals surface area (Å²) in [6.45, 7) is 1.94. The van der Waals surface area contributed by atoms with Crippen LogP contribution in [0.15, 0.2) is 84.9 Å². The second-order valence-electron chi connectivity index (χ2n) is 8.72. The van der Waals surface area contributed by atoms with Gasteiger partial charge in [-0.1, -0.05) is 72.8 Å². The first kappa shape index (κ1) is 21.6. The van der Waals surface area contributed by atoms with Gasteiger partial charge in [0.1, 0.15) is 5.75 Å². The molecule has 0 radical (unpaired) electrons. The van der Waals surface area contributed by atoms with Crippen LogP contribution < -0.4 is 10.5 Å². The van der Waals surface area contributed by atoms with Crippen molar-refractivity contribution in [1.29, 1.82) is 0 Å². The molecule has 0 bridgehead atoms. The molecule has 0 unspecified atom stereocenters. The monoisotopic (exact) mass is 414 g/mol. The third kappa shape index (κ3) is 5.75. The van der Waals surface area contributed by atoms with Crippen molar-refractivity contribution in [3.63, 3.8) is 0 Å². The van der Waals surface area contributed by atoms with Gasteiger partial charge in [-0.25, -0.2) is 0 Å². The van der Waals surface area contributed by atoms with Gasteiger partial charge in [-0.15, -0.1) is 0 Å². The SMILES string of the molecule is COc1ccc(CN(CC(c2ccccc2)c2ccccc2)C2CCC(N)CC2)cc1. The smallest absolute Gasteiger partial charge is 0.118 e. The van der Waals surface area contributed by atoms with Crippen LogP contribution in [0.25, 0.3) is 0 Å². The summed E-state index contributed by atoms with van der Waals surface area (Å²) in [5.74, 6) is 1.25. The Labute approximate surface area is 186 Å². The highest BCUT2D eigenvalue weighted by Crippen LogP contribution is 2.31. The minimum absolute atomic E-state index is 0.344. The molecule has 162 valence electrons. The zero-order valence-corrected chi connectivity index (χ0v) is 18.5. The number of nitrogens with two attached hydrogens (primary N) is 1. The Kier molecular flexibility index (Phi) is 7.39. The largest absolute Gasteiger partial charge is 0.497 e. The molecular formula is C28H34N2O. The van der Waals surface area contributed by atoms with Gasteiger partial charge in [-0.05, 0) is 54.5 Å². The molecule has 1 aliphatic rings. The zero-order valence-electron chi connectivity index (χ0n) is 18.5. The van der Waals surface area contributed by atoms with Gasteiger partial charge in [0.2, 0.25) is 0 Å². The molecule has 4 rings (SSSR count). The van der Waals surface area contributed by atoms with E-state index in [0.29, 0.717) is 18.0 Å². The molecule has 0 aromatic heterocycles. The van der Waals surface area contributed by atoms with Crippen molar-refractivity contribution >= 4 is 0 Å². The van der Waals surface area contributed by atoms with E-state index in [4.69, 9.17) is 10.5 Å². The van der Waals surface area contributed by atoms with E-state index in [1.807, 2.05) is 0 Å². The molecule has 1 fully saturated rings. The highest BCUT2D eigenvalue weighted by molar-refractivity contribution is 5.33. The van der Waals surface area contributed by atoms with Crippen molar-refractivity contribution in [3.05, 3.63) is 102 Å². The summed E-state index contributed by atoms with van der Waals surface area (Å²) >= 11 is 0. The summed E-state index contributed by atoms with van der Waals surface area (Å²) < 4.78 is 5.36. The van der Waals surface area contributed by atoms with Crippen LogP contribution in [0.1, 0.15) is 48.3 Å². The van der Waals surface area contributed by atoms with E-state index in [2.05, 4.69) is 89.8 Å². The first-order chi connectivity index (χ1) is 15.2. The number of nitrogens with zero attached hydrogens (tertiary/aromatic N) is 1. The van der Waals surface area contributed by atoms with Gasteiger partial charge in [-0.2, -0.15) is 0 Å². The first-order valence-corrected chi connectivity index (χ1v) is 11.5. The molecule has 3 heteroatoms. The van der Waals surface area contributed by atoms with Gasteiger partial charge in [-0.3, -0.25) is 4.90 Å². The van der Waals surface area contributed by atoms with Crippen LogP contribution in [-0.2, 0) is 6.54 Å². The van der Waals surface area contributed by atoms with E-state index in [1.54, 1.807) is 7.11 Å². The third-order valence-corrected chi connectivity index (χ3v) is 6.62. The molecular weight excluding hydrogens is 380 g/mol. The highest BCUT2D eigenvalue weighted by Gasteiger charge is 2.27. The second-order valence-corrected chi connectivity index (χ2v) is 8.72. The first-order valence-electron chi connectivity index (χ1n) is 11.5. The molecule has 0 heterocycles. The maximum Gasteiger partial charge on any atom is 0.118 e. The van der Waals surface area contributed by atoms with Gasteiger partial charge in [0.25, 0.3) is 0 Å². The van der Waals surface area contributed by atoms with Crippen LogP contribution in [0.2, 0.25) is 0 Å². The number of rotatable bonds is 8. The minimum Gasteiger partial charge on any atom is -0.497 e. The summed E-state index contributed by atoms with van der Waals surface area (Å²) in [4.78, 5) is 2.69. The van der Waals surface area contributed by atoms with E-state index < -0.39 is 0 Å². The topological polar surface area (TPSA) is 38.5 Å². The Morgan fingerprint density at radius 3 is 1.87 bits per heavy atom. The van der Waals surface area contributed by atoms with Crippen LogP contribution in [0.5, 0.6) is 5.75 Å². The van der Waals surface area contributed by atoms with Crippen molar-refractivity contribution in [2.45, 2.75) is 50.2 Å². The van der Waals surface area contributed by atoms with Crippen molar-refractivity contribution in [3.8, 4) is 5.75 Å². The highest BCUT2D eigenvalue weighted by atomic mass is 16.5. The lowest BCUT2D eigenvalue weighted by atomic mass is 9.87. The average molecular weight is 415 g/mol. The van der Waals surface area contributed by atoms with Crippen LogP contribution in [-0.4, -0.2) is 30.6 Å². The predicted octanol–water partition coefficient (Wildman–Crippen LogP) is 5.60. The summed E-state index contributed by atoms with van der Waals surface area (Å²) in [5.41, 5.74) is 10.3. The lowest BCUT2D eigenvalue weighted by Crippen LogP contribution is -2.42. The van der Waals surface area contributed by atoms with E-state index in [9.17, 15) is 0 Å². The summed E-state index contributed by atoms with van der Waals surface area (Å²) in [5, 5.41) is 0. The lowest BCUT2D eigenvalue weighted by molar-refractivity contribution is 0.137. The molecule has 3 aromatic carbocycles. The fourth-order valence-electron chi connectivity index (χ4n) is 4.78. The molecule has 1 aliphatic carbocycles. The fourth-order valence-corrected chi connectivity index (χ4v) is 4.78. The minimum atomic E-state index is 0.344. The van der Waals surface area contributed by atoms with Crippen LogP contribution in [0, 0.1) is 0 Å². The Morgan fingerprint density at radius 1 is 0.806 bits per heavy atom. The van der Waals surface area contributed by atoms with Gasteiger partial charge in [0, 0.05) is 31.1 Å². The van der Waals surface area contributed by atoms with Gasteiger partial charge < -0.3 is 10.5 Å². The second kappa shape index (κ2) is 10.6. The maximum atomic E-state index is 6.23. The molecule has 0 atom stereocenters. The van der Waals surface area contributed by atoms with Crippen LogP contribution in [0.3, 0.4) is 0 Å². The molecule has 31 heavy (non-hydrogen) atoms. The average Bonchev–Trinajstić information content (AvgIpc) is 2.84. The maximum absolute atomic E-state index is 6.23.